The van der Waals surface area contributed by atoms with Crippen LogP contribution in [-0.2, 0) is 24.1 Å². The fourth-order valence-electron chi connectivity index (χ4n) is 2.80. The van der Waals surface area contributed by atoms with Crippen molar-refractivity contribution < 1.29 is 22.9 Å². The lowest BCUT2D eigenvalue weighted by molar-refractivity contribution is -0.388. The van der Waals surface area contributed by atoms with Crippen LogP contribution in [0.2, 0.25) is 0 Å². The lowest BCUT2D eigenvalue weighted by Crippen LogP contribution is -2.25. The van der Waals surface area contributed by atoms with E-state index in [0.29, 0.717) is 12.6 Å². The Bertz CT molecular complexity index is 1070. The summed E-state index contributed by atoms with van der Waals surface area (Å²) < 4.78 is 40.1. The molecule has 2 aromatic carbocycles. The van der Waals surface area contributed by atoms with Gasteiger partial charge in [0.2, 0.25) is 5.91 Å². The molecular weight excluding hydrogens is 433 g/mol. The van der Waals surface area contributed by atoms with E-state index in [2.05, 4.69) is 10.4 Å². The third-order valence-corrected chi connectivity index (χ3v) is 5.39. The Balaban J connectivity index is 1.61. The van der Waals surface area contributed by atoms with Gasteiger partial charge in [0.15, 0.2) is 0 Å². The molecule has 1 heterocycles. The van der Waals surface area contributed by atoms with Crippen LogP contribution in [0.1, 0.15) is 16.7 Å². The summed E-state index contributed by atoms with van der Waals surface area (Å²) >= 11 is 0.811. The molecule has 11 heteroatoms. The molecule has 0 fully saturated rings. The fraction of sp³-hybridized carbons (Fsp3) is 0.200. The Morgan fingerprint density at radius 1 is 1.16 bits per heavy atom. The summed E-state index contributed by atoms with van der Waals surface area (Å²) in [5.74, 6) is -0.568. The first-order chi connectivity index (χ1) is 14.7. The number of halogens is 3. The summed E-state index contributed by atoms with van der Waals surface area (Å²) in [7, 11) is 0. The topological polar surface area (TPSA) is 90.1 Å². The second kappa shape index (κ2) is 9.65. The third-order valence-electron chi connectivity index (χ3n) is 4.33. The van der Waals surface area contributed by atoms with Crippen molar-refractivity contribution >= 4 is 23.4 Å². The molecule has 1 aromatic heterocycles. The zero-order valence-electron chi connectivity index (χ0n) is 16.0. The van der Waals surface area contributed by atoms with E-state index in [4.69, 9.17) is 0 Å². The predicted octanol–water partition coefficient (Wildman–Crippen LogP) is 4.27. The number of alkyl halides is 3. The summed E-state index contributed by atoms with van der Waals surface area (Å²) in [5.41, 5.74) is 0.0633. The Kier molecular flexibility index (Phi) is 6.95. The number of nitro groups is 1. The highest BCUT2D eigenvalue weighted by molar-refractivity contribution is 8.00. The van der Waals surface area contributed by atoms with Crippen LogP contribution in [0.15, 0.2) is 65.8 Å². The molecule has 3 aromatic rings. The number of carbonyl (C=O) groups is 1. The van der Waals surface area contributed by atoms with Crippen molar-refractivity contribution in [2.45, 2.75) is 24.2 Å². The van der Waals surface area contributed by atoms with Crippen LogP contribution >= 0.6 is 11.8 Å². The number of thioether (sulfide) groups is 1. The van der Waals surface area contributed by atoms with E-state index in [-0.39, 0.29) is 17.2 Å². The van der Waals surface area contributed by atoms with E-state index in [1.807, 2.05) is 36.5 Å². The van der Waals surface area contributed by atoms with Crippen LogP contribution in [-0.4, -0.2) is 26.4 Å². The highest BCUT2D eigenvalue weighted by Crippen LogP contribution is 2.36. The van der Waals surface area contributed by atoms with Gasteiger partial charge < -0.3 is 5.32 Å². The van der Waals surface area contributed by atoms with E-state index >= 15 is 0 Å². The lowest BCUT2D eigenvalue weighted by Gasteiger charge is -2.11. The highest BCUT2D eigenvalue weighted by Gasteiger charge is 2.33. The molecule has 0 spiro atoms. The maximum Gasteiger partial charge on any atom is 0.416 e. The van der Waals surface area contributed by atoms with Gasteiger partial charge >= 0.3 is 6.18 Å². The van der Waals surface area contributed by atoms with Crippen molar-refractivity contribution in [2.75, 3.05) is 5.75 Å². The number of rotatable bonds is 8. The van der Waals surface area contributed by atoms with Gasteiger partial charge in [-0.1, -0.05) is 24.3 Å². The van der Waals surface area contributed by atoms with Crippen LogP contribution in [0.5, 0.6) is 0 Å². The maximum atomic E-state index is 12.8. The molecule has 162 valence electrons. The zero-order valence-corrected chi connectivity index (χ0v) is 16.8. The molecule has 0 aliphatic rings. The largest absolute Gasteiger partial charge is 0.416 e. The fourth-order valence-corrected chi connectivity index (χ4v) is 3.63. The second-order valence-corrected chi connectivity index (χ2v) is 7.49. The monoisotopic (exact) mass is 450 g/mol. The minimum atomic E-state index is -4.69. The number of hydrogen-bond donors (Lipinski definition) is 1. The first kappa shape index (κ1) is 22.3. The van der Waals surface area contributed by atoms with E-state index in [9.17, 15) is 28.1 Å². The third kappa shape index (κ3) is 6.07. The smallest absolute Gasteiger partial charge is 0.351 e. The number of benzene rings is 2. The Hall–Kier alpha value is -3.34. The molecule has 31 heavy (non-hydrogen) atoms. The Labute approximate surface area is 179 Å². The SMILES string of the molecule is O=C(CSc1ccc(C(F)(F)F)cc1[N+](=O)[O-])NCc1ccccc1Cn1cccn1. The molecule has 1 N–H and O–H groups in total. The number of nitrogens with one attached hydrogen (secondary N) is 1. The predicted molar refractivity (Wildman–Crippen MR) is 108 cm³/mol. The number of amides is 1. The maximum absolute atomic E-state index is 12.8. The molecular formula is C20H17F3N4O3S. The van der Waals surface area contributed by atoms with Gasteiger partial charge in [0.25, 0.3) is 5.69 Å². The van der Waals surface area contributed by atoms with Crippen molar-refractivity contribution in [3.63, 3.8) is 0 Å². The number of aromatic nitrogens is 2. The summed E-state index contributed by atoms with van der Waals surface area (Å²) in [5, 5.41) is 18.0. The second-order valence-electron chi connectivity index (χ2n) is 6.48. The first-order valence-electron chi connectivity index (χ1n) is 9.03. The number of carbonyl (C=O) groups excluding carboxylic acids is 1. The van der Waals surface area contributed by atoms with Crippen LogP contribution in [0.3, 0.4) is 0 Å². The lowest BCUT2D eigenvalue weighted by atomic mass is 10.1. The molecule has 0 aliphatic carbocycles. The van der Waals surface area contributed by atoms with E-state index < -0.39 is 28.3 Å². The van der Waals surface area contributed by atoms with Crippen LogP contribution < -0.4 is 5.32 Å². The van der Waals surface area contributed by atoms with Crippen molar-refractivity contribution in [3.8, 4) is 0 Å². The quantitative estimate of drug-likeness (QED) is 0.315. The normalized spacial score (nSPS) is 11.3. The van der Waals surface area contributed by atoms with Gasteiger partial charge in [-0.25, -0.2) is 0 Å². The van der Waals surface area contributed by atoms with Gasteiger partial charge in [0.05, 0.1) is 27.7 Å². The van der Waals surface area contributed by atoms with Crippen molar-refractivity contribution in [2.24, 2.45) is 0 Å². The molecule has 0 radical (unpaired) electrons. The van der Waals surface area contributed by atoms with E-state index in [0.717, 1.165) is 35.0 Å². The molecule has 0 unspecified atom stereocenters. The van der Waals surface area contributed by atoms with E-state index in [1.54, 1.807) is 10.9 Å². The molecule has 0 atom stereocenters. The molecule has 3 rings (SSSR count). The van der Waals surface area contributed by atoms with Gasteiger partial charge in [0, 0.05) is 25.0 Å². The summed E-state index contributed by atoms with van der Waals surface area (Å²) in [6.07, 6.45) is -1.19. The van der Waals surface area contributed by atoms with Gasteiger partial charge in [-0.3, -0.25) is 19.6 Å². The van der Waals surface area contributed by atoms with Gasteiger partial charge in [-0.2, -0.15) is 18.3 Å². The molecule has 0 bridgehead atoms. The van der Waals surface area contributed by atoms with Crippen molar-refractivity contribution in [3.05, 3.63) is 87.7 Å². The van der Waals surface area contributed by atoms with E-state index in [1.165, 1.54) is 0 Å². The molecule has 7 nitrogen and oxygen atoms in total. The Morgan fingerprint density at radius 2 is 1.90 bits per heavy atom. The minimum absolute atomic E-state index is 0.00719. The van der Waals surface area contributed by atoms with Crippen LogP contribution in [0.25, 0.3) is 0 Å². The average molecular weight is 450 g/mol. The zero-order chi connectivity index (χ0) is 22.4. The van der Waals surface area contributed by atoms with Crippen LogP contribution in [0.4, 0.5) is 18.9 Å². The first-order valence-corrected chi connectivity index (χ1v) is 10.0. The van der Waals surface area contributed by atoms with Crippen molar-refractivity contribution in [1.29, 1.82) is 0 Å². The Morgan fingerprint density at radius 3 is 2.55 bits per heavy atom. The average Bonchev–Trinajstić information content (AvgIpc) is 3.23. The molecule has 0 saturated carbocycles. The van der Waals surface area contributed by atoms with Crippen molar-refractivity contribution in [1.82, 2.24) is 15.1 Å². The van der Waals surface area contributed by atoms with Gasteiger partial charge in [-0.15, -0.1) is 11.8 Å². The number of hydrogen-bond acceptors (Lipinski definition) is 5. The van der Waals surface area contributed by atoms with Crippen LogP contribution in [0, 0.1) is 10.1 Å². The molecule has 0 saturated heterocycles. The van der Waals surface area contributed by atoms with Gasteiger partial charge in [-0.05, 0) is 29.3 Å². The number of nitro benzene ring substituents is 1. The minimum Gasteiger partial charge on any atom is -0.351 e. The molecule has 1 amide bonds. The van der Waals surface area contributed by atoms with Gasteiger partial charge in [0.1, 0.15) is 0 Å². The number of nitrogens with zero attached hydrogens (tertiary/aromatic N) is 3. The summed E-state index contributed by atoms with van der Waals surface area (Å²) in [6.45, 7) is 0.775. The molecule has 0 aliphatic heterocycles. The highest BCUT2D eigenvalue weighted by atomic mass is 32.2. The summed E-state index contributed by atoms with van der Waals surface area (Å²) in [4.78, 5) is 22.5. The summed E-state index contributed by atoms with van der Waals surface area (Å²) in [6, 6.07) is 11.6. The standard InChI is InChI=1S/C20H17F3N4O3S/c21-20(22,23)16-6-7-18(17(10-16)27(29)30)31-13-19(28)24-11-14-4-1-2-5-15(14)12-26-9-3-8-25-26/h1-10H,11-13H2,(H,24,28).